The van der Waals surface area contributed by atoms with Crippen molar-refractivity contribution in [2.75, 3.05) is 25.0 Å². The second-order valence-electron chi connectivity index (χ2n) is 6.14. The summed E-state index contributed by atoms with van der Waals surface area (Å²) < 4.78 is 19.8. The molecule has 1 aliphatic rings. The molecule has 2 heterocycles. The summed E-state index contributed by atoms with van der Waals surface area (Å²) in [6, 6.07) is 8.16. The molecule has 0 radical (unpaired) electrons. The maximum atomic E-state index is 14.5. The topological polar surface area (TPSA) is 89.3 Å². The van der Waals surface area contributed by atoms with Crippen LogP contribution in [0.25, 0.3) is 17.0 Å². The molecule has 0 bridgehead atoms. The van der Waals surface area contributed by atoms with Crippen LogP contribution >= 0.6 is 0 Å². The monoisotopic (exact) mass is 370 g/mol. The lowest BCUT2D eigenvalue weighted by Crippen LogP contribution is -2.32. The van der Waals surface area contributed by atoms with Crippen molar-refractivity contribution in [2.45, 2.75) is 20.3 Å². The third-order valence-electron chi connectivity index (χ3n) is 4.30. The molecule has 6 nitrogen and oxygen atoms in total. The van der Waals surface area contributed by atoms with E-state index in [4.69, 9.17) is 10.5 Å². The normalized spacial score (nSPS) is 13.0. The summed E-state index contributed by atoms with van der Waals surface area (Å²) in [4.78, 5) is 16.6. The van der Waals surface area contributed by atoms with Crippen molar-refractivity contribution in [1.82, 2.24) is 10.3 Å². The molecule has 3 rings (SSSR count). The number of para-hydroxylation sites is 1. The lowest BCUT2D eigenvalue weighted by Gasteiger charge is -2.24. The van der Waals surface area contributed by atoms with E-state index in [1.807, 2.05) is 13.8 Å². The molecule has 0 spiro atoms. The fourth-order valence-corrected chi connectivity index (χ4v) is 2.99. The molecule has 0 unspecified atom stereocenters. The van der Waals surface area contributed by atoms with Crippen LogP contribution in [0, 0.1) is 5.82 Å². The number of nitrogens with zero attached hydrogens (tertiary/aromatic N) is 1. The lowest BCUT2D eigenvalue weighted by atomic mass is 9.95. The summed E-state index contributed by atoms with van der Waals surface area (Å²) >= 11 is 0. The van der Waals surface area contributed by atoms with Gasteiger partial charge in [-0.2, -0.15) is 0 Å². The Labute approximate surface area is 157 Å². The van der Waals surface area contributed by atoms with Crippen molar-refractivity contribution in [3.63, 3.8) is 0 Å². The van der Waals surface area contributed by atoms with E-state index in [9.17, 15) is 9.18 Å². The maximum absolute atomic E-state index is 14.5. The number of carbonyl (C=O) groups is 1. The summed E-state index contributed by atoms with van der Waals surface area (Å²) in [6.45, 7) is 5.11. The lowest BCUT2D eigenvalue weighted by molar-refractivity contribution is -0.117. The largest absolute Gasteiger partial charge is 0.478 e. The SMILES string of the molecule is CCCNC(=O)C1=C(N)c2cccc(-c3nc(OCC)ccc3F)c2NC1. The van der Waals surface area contributed by atoms with Gasteiger partial charge in [0.15, 0.2) is 0 Å². The van der Waals surface area contributed by atoms with Gasteiger partial charge in [0.25, 0.3) is 5.91 Å². The van der Waals surface area contributed by atoms with E-state index in [1.165, 1.54) is 12.1 Å². The first-order valence-electron chi connectivity index (χ1n) is 9.00. The molecule has 142 valence electrons. The highest BCUT2D eigenvalue weighted by Crippen LogP contribution is 2.37. The van der Waals surface area contributed by atoms with Crippen molar-refractivity contribution in [3.8, 4) is 17.1 Å². The quantitative estimate of drug-likeness (QED) is 0.728. The third-order valence-corrected chi connectivity index (χ3v) is 4.30. The predicted molar refractivity (Wildman–Crippen MR) is 104 cm³/mol. The van der Waals surface area contributed by atoms with Gasteiger partial charge >= 0.3 is 0 Å². The van der Waals surface area contributed by atoms with E-state index >= 15 is 0 Å². The highest BCUT2D eigenvalue weighted by Gasteiger charge is 2.25. The zero-order chi connectivity index (χ0) is 19.4. The molecule has 7 heteroatoms. The molecule has 1 aromatic carbocycles. The van der Waals surface area contributed by atoms with E-state index in [1.54, 1.807) is 18.2 Å². The van der Waals surface area contributed by atoms with Crippen LogP contribution in [-0.4, -0.2) is 30.6 Å². The Kier molecular flexibility index (Phi) is 5.59. The molecule has 0 saturated heterocycles. The fourth-order valence-electron chi connectivity index (χ4n) is 2.99. The molecule has 1 aliphatic heterocycles. The van der Waals surface area contributed by atoms with E-state index in [0.717, 1.165) is 6.42 Å². The Morgan fingerprint density at radius 1 is 1.30 bits per heavy atom. The summed E-state index contributed by atoms with van der Waals surface area (Å²) in [6.07, 6.45) is 0.841. The molecular formula is C20H23FN4O2. The zero-order valence-corrected chi connectivity index (χ0v) is 15.4. The van der Waals surface area contributed by atoms with Crippen molar-refractivity contribution in [1.29, 1.82) is 0 Å². The molecule has 1 amide bonds. The van der Waals surface area contributed by atoms with Crippen LogP contribution in [0.1, 0.15) is 25.8 Å². The van der Waals surface area contributed by atoms with Gasteiger partial charge in [-0.25, -0.2) is 9.37 Å². The van der Waals surface area contributed by atoms with Gasteiger partial charge in [0, 0.05) is 30.3 Å². The number of hydrogen-bond donors (Lipinski definition) is 3. The number of nitrogens with two attached hydrogens (primary N) is 1. The number of benzene rings is 1. The molecule has 2 aromatic rings. The van der Waals surface area contributed by atoms with Gasteiger partial charge in [0.1, 0.15) is 11.5 Å². The minimum atomic E-state index is -0.456. The van der Waals surface area contributed by atoms with Crippen molar-refractivity contribution >= 4 is 17.3 Å². The van der Waals surface area contributed by atoms with Crippen molar-refractivity contribution in [2.24, 2.45) is 5.73 Å². The molecule has 4 N–H and O–H groups in total. The number of fused-ring (bicyclic) bond motifs is 1. The number of carbonyl (C=O) groups excluding carboxylic acids is 1. The number of nitrogens with one attached hydrogen (secondary N) is 2. The second kappa shape index (κ2) is 8.07. The summed E-state index contributed by atoms with van der Waals surface area (Å²) in [7, 11) is 0. The van der Waals surface area contributed by atoms with Crippen LogP contribution in [0.4, 0.5) is 10.1 Å². The van der Waals surface area contributed by atoms with Crippen LogP contribution in [0.3, 0.4) is 0 Å². The smallest absolute Gasteiger partial charge is 0.251 e. The summed E-state index contributed by atoms with van der Waals surface area (Å²) in [5.41, 5.74) is 9.19. The molecule has 0 aliphatic carbocycles. The van der Waals surface area contributed by atoms with E-state index in [2.05, 4.69) is 15.6 Å². The fraction of sp³-hybridized carbons (Fsp3) is 0.300. The van der Waals surface area contributed by atoms with Gasteiger partial charge in [0.2, 0.25) is 5.88 Å². The maximum Gasteiger partial charge on any atom is 0.251 e. The Morgan fingerprint density at radius 3 is 2.81 bits per heavy atom. The minimum absolute atomic E-state index is 0.178. The number of hydrogen-bond acceptors (Lipinski definition) is 5. The highest BCUT2D eigenvalue weighted by molar-refractivity contribution is 6.05. The highest BCUT2D eigenvalue weighted by atomic mass is 19.1. The van der Waals surface area contributed by atoms with E-state index in [-0.39, 0.29) is 18.1 Å². The minimum Gasteiger partial charge on any atom is -0.478 e. The summed E-state index contributed by atoms with van der Waals surface area (Å²) in [5.74, 6) is -0.297. The first-order valence-corrected chi connectivity index (χ1v) is 9.00. The molecule has 27 heavy (non-hydrogen) atoms. The second-order valence-corrected chi connectivity index (χ2v) is 6.14. The van der Waals surface area contributed by atoms with Crippen LogP contribution in [0.15, 0.2) is 35.9 Å². The average molecular weight is 370 g/mol. The number of aromatic nitrogens is 1. The zero-order valence-electron chi connectivity index (χ0n) is 15.4. The predicted octanol–water partition coefficient (Wildman–Crippen LogP) is 2.91. The Balaban J connectivity index is 2.04. The molecule has 0 saturated carbocycles. The van der Waals surface area contributed by atoms with Crippen LogP contribution in [0.5, 0.6) is 5.88 Å². The molecular weight excluding hydrogens is 347 g/mol. The summed E-state index contributed by atoms with van der Waals surface area (Å²) in [5, 5.41) is 6.03. The first-order chi connectivity index (χ1) is 13.1. The van der Waals surface area contributed by atoms with Crippen LogP contribution < -0.4 is 21.1 Å². The van der Waals surface area contributed by atoms with Gasteiger partial charge in [-0.05, 0) is 19.4 Å². The van der Waals surface area contributed by atoms with Gasteiger partial charge in [0.05, 0.1) is 23.6 Å². The van der Waals surface area contributed by atoms with E-state index < -0.39 is 5.82 Å². The Morgan fingerprint density at radius 2 is 2.07 bits per heavy atom. The number of anilines is 1. The molecule has 0 atom stereocenters. The number of pyridine rings is 1. The van der Waals surface area contributed by atoms with Gasteiger partial charge < -0.3 is 21.1 Å². The molecule has 1 aromatic heterocycles. The third kappa shape index (κ3) is 3.72. The number of halogens is 1. The number of ether oxygens (including phenoxy) is 1. The molecule has 0 fully saturated rings. The van der Waals surface area contributed by atoms with Crippen molar-refractivity contribution in [3.05, 3.63) is 47.3 Å². The Bertz CT molecular complexity index is 896. The standard InChI is InChI=1S/C20H23FN4O2/c1-3-10-23-20(26)14-11-24-18-12(17(14)22)6-5-7-13(18)19-15(21)8-9-16(25-19)27-4-2/h5-9,24H,3-4,10-11,22H2,1-2H3,(H,23,26). The van der Waals surface area contributed by atoms with Gasteiger partial charge in [-0.1, -0.05) is 25.1 Å². The van der Waals surface area contributed by atoms with Crippen LogP contribution in [-0.2, 0) is 4.79 Å². The number of rotatable bonds is 6. The van der Waals surface area contributed by atoms with Crippen molar-refractivity contribution < 1.29 is 13.9 Å². The van der Waals surface area contributed by atoms with E-state index in [0.29, 0.717) is 47.1 Å². The Hall–Kier alpha value is -3.09. The average Bonchev–Trinajstić information content (AvgIpc) is 2.68. The van der Waals surface area contributed by atoms with Gasteiger partial charge in [-0.3, -0.25) is 4.79 Å². The number of amides is 1. The van der Waals surface area contributed by atoms with Gasteiger partial charge in [-0.15, -0.1) is 0 Å². The van der Waals surface area contributed by atoms with Crippen LogP contribution in [0.2, 0.25) is 0 Å². The first kappa shape index (κ1) is 18.7.